The van der Waals surface area contributed by atoms with Crippen LogP contribution in [-0.2, 0) is 19.1 Å². The van der Waals surface area contributed by atoms with Crippen LogP contribution in [0.1, 0.15) is 32.1 Å². The van der Waals surface area contributed by atoms with Crippen molar-refractivity contribution in [3.8, 4) is 0 Å². The Bertz CT molecular complexity index is 1160. The monoisotopic (exact) mass is 610 g/mol. The number of benzene rings is 1. The summed E-state index contributed by atoms with van der Waals surface area (Å²) in [5.74, 6) is -1.22. The number of para-hydroxylation sites is 1. The number of hydrogen-bond donors (Lipinski definition) is 1. The van der Waals surface area contributed by atoms with E-state index in [4.69, 9.17) is 4.74 Å². The number of amides is 3. The van der Waals surface area contributed by atoms with Gasteiger partial charge in [-0.2, -0.15) is 0 Å². The maximum Gasteiger partial charge on any atom is 0.247 e. The van der Waals surface area contributed by atoms with Crippen LogP contribution in [0.5, 0.6) is 0 Å². The largest absolute Gasteiger partial charge is 0.396 e. The van der Waals surface area contributed by atoms with Crippen molar-refractivity contribution < 1.29 is 24.2 Å². The molecule has 4 aliphatic heterocycles. The molecule has 0 radical (unpaired) electrons. The molecule has 9 nitrogen and oxygen atoms in total. The Hall–Kier alpha value is -2.66. The Morgan fingerprint density at radius 3 is 2.49 bits per heavy atom. The first-order valence-corrected chi connectivity index (χ1v) is 16.6. The molecule has 2 bridgehead atoms. The van der Waals surface area contributed by atoms with E-state index < -0.39 is 22.6 Å². The summed E-state index contributed by atoms with van der Waals surface area (Å²) in [5.41, 5.74) is 0.786. The van der Waals surface area contributed by atoms with Gasteiger partial charge in [0, 0.05) is 63.4 Å². The number of nitrogens with zero attached hydrogens (tertiary/aromatic N) is 4. The van der Waals surface area contributed by atoms with Crippen molar-refractivity contribution in [3.63, 3.8) is 0 Å². The van der Waals surface area contributed by atoms with E-state index in [2.05, 4.69) is 18.1 Å². The van der Waals surface area contributed by atoms with Crippen LogP contribution in [-0.4, -0.2) is 119 Å². The lowest BCUT2D eigenvalue weighted by atomic mass is 9.70. The molecule has 1 aromatic carbocycles. The van der Waals surface area contributed by atoms with E-state index in [1.807, 2.05) is 35.2 Å². The highest BCUT2D eigenvalue weighted by Gasteiger charge is 2.74. The zero-order chi connectivity index (χ0) is 30.4. The number of aliphatic hydroxyl groups excluding tert-OH is 1. The molecule has 4 fully saturated rings. The number of likely N-dealkylation sites (tertiary alicyclic amines) is 1. The molecule has 1 aromatic rings. The van der Waals surface area contributed by atoms with E-state index in [1.54, 1.807) is 33.7 Å². The number of carbonyl (C=O) groups excluding carboxylic acids is 3. The van der Waals surface area contributed by atoms with Crippen LogP contribution in [0, 0.1) is 11.8 Å². The normalized spacial score (nSPS) is 28.1. The Morgan fingerprint density at radius 2 is 1.79 bits per heavy atom. The molecule has 5 rings (SSSR count). The molecule has 1 N–H and O–H groups in total. The number of fused-ring (bicyclic) bond motifs is 1. The fourth-order valence-corrected chi connectivity index (χ4v) is 9.68. The van der Waals surface area contributed by atoms with E-state index in [-0.39, 0.29) is 29.6 Å². The summed E-state index contributed by atoms with van der Waals surface area (Å²) in [4.78, 5) is 51.1. The number of morpholine rings is 1. The predicted molar refractivity (Wildman–Crippen MR) is 170 cm³/mol. The average molecular weight is 611 g/mol. The third-order valence-electron chi connectivity index (χ3n) is 9.47. The maximum absolute atomic E-state index is 14.6. The van der Waals surface area contributed by atoms with E-state index in [1.165, 1.54) is 0 Å². The van der Waals surface area contributed by atoms with Crippen LogP contribution in [0.4, 0.5) is 5.69 Å². The van der Waals surface area contributed by atoms with Gasteiger partial charge in [0.1, 0.15) is 6.04 Å². The van der Waals surface area contributed by atoms with Gasteiger partial charge in [0.2, 0.25) is 17.7 Å². The van der Waals surface area contributed by atoms with Gasteiger partial charge in [-0.3, -0.25) is 19.3 Å². The van der Waals surface area contributed by atoms with Crippen LogP contribution in [0.2, 0.25) is 0 Å². The van der Waals surface area contributed by atoms with Gasteiger partial charge in [-0.05, 0) is 44.2 Å². The van der Waals surface area contributed by atoms with Crippen molar-refractivity contribution in [2.45, 2.75) is 48.1 Å². The third kappa shape index (κ3) is 6.30. The summed E-state index contributed by atoms with van der Waals surface area (Å²) >= 11 is 1.71. The Labute approximate surface area is 259 Å². The summed E-state index contributed by atoms with van der Waals surface area (Å²) < 4.78 is 4.86. The lowest BCUT2D eigenvalue weighted by Gasteiger charge is -2.38. The standard InChI is InChI=1S/C33H46N4O5S/c1-3-15-35(19-18-34-20-23-42-24-21-34)32(41)29-33-14-13-26(43-33)27(28(33)31(40)37(29)17-9-6-10-22-38)30(39)36(16-4-2)25-11-7-5-8-12-25/h3-5,7-8,11-12,26-29,38H,1-2,6,9-10,13-24H2/t26-,27+,28+,29?,33?/m1/s1. The minimum Gasteiger partial charge on any atom is -0.396 e. The van der Waals surface area contributed by atoms with Crippen molar-refractivity contribution >= 4 is 35.2 Å². The number of thioether (sulfide) groups is 1. The number of ether oxygens (including phenoxy) is 1. The SMILES string of the molecule is C=CCN(CCN1CCOCC1)C(=O)C1N(CCCCCO)C(=O)[C@@H]2[C@@H](C(=O)N(CC=C)c3ccccc3)[C@H]3CCC12S3. The average Bonchev–Trinajstić information content (AvgIpc) is 3.68. The van der Waals surface area contributed by atoms with Gasteiger partial charge >= 0.3 is 0 Å². The van der Waals surface area contributed by atoms with Gasteiger partial charge in [0.05, 0.1) is 29.8 Å². The highest BCUT2D eigenvalue weighted by atomic mass is 32.2. The van der Waals surface area contributed by atoms with E-state index >= 15 is 0 Å². The Kier molecular flexibility index (Phi) is 10.6. The topological polar surface area (TPSA) is 93.6 Å². The summed E-state index contributed by atoms with van der Waals surface area (Å²) in [6, 6.07) is 8.93. The second kappa shape index (κ2) is 14.4. The van der Waals surface area contributed by atoms with Crippen molar-refractivity contribution in [1.29, 1.82) is 0 Å². The smallest absolute Gasteiger partial charge is 0.247 e. The van der Waals surface area contributed by atoms with Gasteiger partial charge in [0.25, 0.3) is 0 Å². The quantitative estimate of drug-likeness (QED) is 0.241. The van der Waals surface area contributed by atoms with Crippen molar-refractivity contribution in [1.82, 2.24) is 14.7 Å². The molecule has 0 aromatic heterocycles. The second-order valence-corrected chi connectivity index (χ2v) is 13.6. The fourth-order valence-electron chi connectivity index (χ4n) is 7.47. The lowest BCUT2D eigenvalue weighted by molar-refractivity contribution is -0.142. The minimum atomic E-state index is -0.634. The van der Waals surface area contributed by atoms with Crippen molar-refractivity contribution in [3.05, 3.63) is 55.6 Å². The summed E-state index contributed by atoms with van der Waals surface area (Å²) in [6.07, 6.45) is 7.15. The number of aliphatic hydroxyl groups is 1. The van der Waals surface area contributed by atoms with Crippen LogP contribution in [0.3, 0.4) is 0 Å². The van der Waals surface area contributed by atoms with Gasteiger partial charge in [-0.15, -0.1) is 24.9 Å². The predicted octanol–water partition coefficient (Wildman–Crippen LogP) is 2.81. The molecule has 10 heteroatoms. The van der Waals surface area contributed by atoms with Gasteiger partial charge in [-0.1, -0.05) is 30.4 Å². The fraction of sp³-hybridized carbons (Fsp3) is 0.606. The Morgan fingerprint density at radius 1 is 1.05 bits per heavy atom. The van der Waals surface area contributed by atoms with E-state index in [0.29, 0.717) is 52.2 Å². The highest BCUT2D eigenvalue weighted by Crippen LogP contribution is 2.66. The second-order valence-electron chi connectivity index (χ2n) is 12.0. The minimum absolute atomic E-state index is 0.00878. The molecule has 0 saturated carbocycles. The molecule has 0 aliphatic carbocycles. The number of hydrogen-bond acceptors (Lipinski definition) is 7. The maximum atomic E-state index is 14.6. The molecule has 4 aliphatic rings. The zero-order valence-electron chi connectivity index (χ0n) is 25.1. The van der Waals surface area contributed by atoms with Gasteiger partial charge in [-0.25, -0.2) is 0 Å². The molecule has 234 valence electrons. The first-order chi connectivity index (χ1) is 21.0. The van der Waals surface area contributed by atoms with Crippen molar-refractivity contribution in [2.24, 2.45) is 11.8 Å². The summed E-state index contributed by atoms with van der Waals surface area (Å²) in [7, 11) is 0. The summed E-state index contributed by atoms with van der Waals surface area (Å²) in [6.45, 7) is 13.5. The molecule has 3 amide bonds. The number of anilines is 1. The van der Waals surface area contributed by atoms with Crippen LogP contribution in [0.25, 0.3) is 0 Å². The number of rotatable bonds is 15. The van der Waals surface area contributed by atoms with Gasteiger partial charge < -0.3 is 24.5 Å². The zero-order valence-corrected chi connectivity index (χ0v) is 26.0. The summed E-state index contributed by atoms with van der Waals surface area (Å²) in [5, 5.41) is 9.33. The van der Waals surface area contributed by atoms with Crippen molar-refractivity contribution in [2.75, 3.05) is 70.5 Å². The molecule has 43 heavy (non-hydrogen) atoms. The van der Waals surface area contributed by atoms with Gasteiger partial charge in [0.15, 0.2) is 0 Å². The molecule has 1 spiro atoms. The molecular formula is C33H46N4O5S. The molecule has 2 unspecified atom stereocenters. The Balaban J connectivity index is 1.44. The molecule has 5 atom stereocenters. The van der Waals surface area contributed by atoms with Crippen LogP contribution in [0.15, 0.2) is 55.6 Å². The third-order valence-corrected chi connectivity index (χ3v) is 11.4. The number of carbonyl (C=O) groups is 3. The molecule has 4 heterocycles. The highest BCUT2D eigenvalue weighted by molar-refractivity contribution is 8.02. The van der Waals surface area contributed by atoms with E-state index in [9.17, 15) is 19.5 Å². The van der Waals surface area contributed by atoms with E-state index in [0.717, 1.165) is 44.6 Å². The van der Waals surface area contributed by atoms with Crippen LogP contribution < -0.4 is 4.90 Å². The molecular weight excluding hydrogens is 564 g/mol. The molecule has 4 saturated heterocycles. The van der Waals surface area contributed by atoms with Crippen LogP contribution >= 0.6 is 11.8 Å². The first-order valence-electron chi connectivity index (χ1n) is 15.7. The lowest BCUT2D eigenvalue weighted by Crippen LogP contribution is -2.56. The number of unbranched alkanes of at least 4 members (excludes halogenated alkanes) is 2. The first kappa shape index (κ1) is 31.8.